The van der Waals surface area contributed by atoms with Gasteiger partial charge in [0.05, 0.1) is 0 Å². The van der Waals surface area contributed by atoms with Gasteiger partial charge in [-0.2, -0.15) is 0 Å². The van der Waals surface area contributed by atoms with Crippen molar-refractivity contribution in [2.75, 3.05) is 0 Å². The van der Waals surface area contributed by atoms with E-state index in [0.717, 1.165) is 5.92 Å². The van der Waals surface area contributed by atoms with Crippen LogP contribution in [-0.2, 0) is 0 Å². The van der Waals surface area contributed by atoms with E-state index in [1.54, 1.807) is 0 Å². The van der Waals surface area contributed by atoms with E-state index in [1.165, 1.54) is 25.7 Å². The highest BCUT2D eigenvalue weighted by atomic mass is 14.2. The highest BCUT2D eigenvalue weighted by Crippen LogP contribution is 2.28. The molecule has 1 aliphatic carbocycles. The molecule has 0 aromatic heterocycles. The molecule has 0 spiro atoms. The van der Waals surface area contributed by atoms with Crippen molar-refractivity contribution in [3.63, 3.8) is 0 Å². The molecule has 0 N–H and O–H groups in total. The Bertz CT molecular complexity index is 118. The van der Waals surface area contributed by atoms with E-state index in [-0.39, 0.29) is 0 Å². The molecule has 1 aliphatic rings. The third-order valence-corrected chi connectivity index (χ3v) is 2.33. The third kappa shape index (κ3) is 3.46. The van der Waals surface area contributed by atoms with Gasteiger partial charge in [-0.25, -0.2) is 0 Å². The molecule has 0 radical (unpaired) electrons. The van der Waals surface area contributed by atoms with Gasteiger partial charge in [0.2, 0.25) is 0 Å². The predicted octanol–water partition coefficient (Wildman–Crippen LogP) is 3.47. The highest BCUT2D eigenvalue weighted by Gasteiger charge is 2.18. The minimum absolute atomic E-state index is 0.582. The monoisotopic (exact) mass is 152 g/mol. The molecule has 2 atom stereocenters. The van der Waals surface area contributed by atoms with Gasteiger partial charge in [-0.3, -0.25) is 0 Å². The lowest BCUT2D eigenvalue weighted by Crippen LogP contribution is -2.14. The maximum atomic E-state index is 5.34. The molecule has 0 bridgehead atoms. The van der Waals surface area contributed by atoms with Crippen LogP contribution in [0.25, 0.3) is 0 Å². The fourth-order valence-electron chi connectivity index (χ4n) is 1.56. The smallest absolute Gasteiger partial charge is 0.0225 e. The lowest BCUT2D eigenvalue weighted by molar-refractivity contribution is 0.316. The van der Waals surface area contributed by atoms with Crippen molar-refractivity contribution in [3.05, 3.63) is 0 Å². The molecular weight excluding hydrogens is 132 g/mol. The number of rotatable bonds is 0. The van der Waals surface area contributed by atoms with Crippen molar-refractivity contribution in [3.8, 4) is 12.3 Å². The summed E-state index contributed by atoms with van der Waals surface area (Å²) in [6.07, 6.45) is 10.7. The molecule has 0 aromatic rings. The Morgan fingerprint density at radius 3 is 2.09 bits per heavy atom. The number of terminal acetylenes is 1. The molecule has 1 fully saturated rings. The highest BCUT2D eigenvalue weighted by molar-refractivity contribution is 4.96. The molecule has 0 nitrogen and oxygen atoms in total. The van der Waals surface area contributed by atoms with Gasteiger partial charge in [0.25, 0.3) is 0 Å². The van der Waals surface area contributed by atoms with E-state index in [4.69, 9.17) is 6.42 Å². The van der Waals surface area contributed by atoms with Crippen LogP contribution in [0.15, 0.2) is 0 Å². The summed E-state index contributed by atoms with van der Waals surface area (Å²) in [4.78, 5) is 0. The second-order valence-electron chi connectivity index (χ2n) is 3.03. The van der Waals surface area contributed by atoms with Crippen molar-refractivity contribution in [2.24, 2.45) is 11.8 Å². The Hall–Kier alpha value is -0.440. The first kappa shape index (κ1) is 10.6. The second-order valence-corrected chi connectivity index (χ2v) is 3.03. The van der Waals surface area contributed by atoms with Gasteiger partial charge in [0.15, 0.2) is 0 Å². The van der Waals surface area contributed by atoms with Crippen LogP contribution in [0.2, 0.25) is 0 Å². The summed E-state index contributed by atoms with van der Waals surface area (Å²) in [6, 6.07) is 0. The molecule has 0 saturated heterocycles. The SMILES string of the molecule is C#CC1CCCCC1C.CC. The van der Waals surface area contributed by atoms with E-state index in [0.29, 0.717) is 5.92 Å². The first-order valence-electron chi connectivity index (χ1n) is 4.80. The molecule has 0 heteroatoms. The zero-order chi connectivity index (χ0) is 8.69. The van der Waals surface area contributed by atoms with Crippen LogP contribution in [-0.4, -0.2) is 0 Å². The molecule has 11 heavy (non-hydrogen) atoms. The third-order valence-electron chi connectivity index (χ3n) is 2.33. The average Bonchev–Trinajstić information content (AvgIpc) is 2.09. The van der Waals surface area contributed by atoms with Crippen LogP contribution in [0.5, 0.6) is 0 Å². The van der Waals surface area contributed by atoms with E-state index >= 15 is 0 Å². The Balaban J connectivity index is 0.000000461. The summed E-state index contributed by atoms with van der Waals surface area (Å²) in [7, 11) is 0. The lowest BCUT2D eigenvalue weighted by Gasteiger charge is -2.23. The Labute approximate surface area is 71.4 Å². The standard InChI is InChI=1S/C9H14.C2H6/c1-3-9-7-5-4-6-8(9)2;1-2/h1,8-9H,4-7H2,2H3;1-2H3. The van der Waals surface area contributed by atoms with Gasteiger partial charge in [-0.15, -0.1) is 12.3 Å². The first-order chi connectivity index (χ1) is 5.34. The van der Waals surface area contributed by atoms with Crippen LogP contribution in [0.3, 0.4) is 0 Å². The van der Waals surface area contributed by atoms with Gasteiger partial charge in [-0.1, -0.05) is 33.6 Å². The molecule has 0 heterocycles. The largest absolute Gasteiger partial charge is 0.120 e. The molecule has 1 saturated carbocycles. The molecule has 64 valence electrons. The van der Waals surface area contributed by atoms with Crippen molar-refractivity contribution in [1.29, 1.82) is 0 Å². The van der Waals surface area contributed by atoms with E-state index in [1.807, 2.05) is 13.8 Å². The molecular formula is C11H20. The summed E-state index contributed by atoms with van der Waals surface area (Å²) < 4.78 is 0. The second kappa shape index (κ2) is 6.28. The van der Waals surface area contributed by atoms with Crippen molar-refractivity contribution in [2.45, 2.75) is 46.5 Å². The van der Waals surface area contributed by atoms with Crippen molar-refractivity contribution >= 4 is 0 Å². The predicted molar refractivity (Wildman–Crippen MR) is 51.3 cm³/mol. The molecule has 0 amide bonds. The normalized spacial score (nSPS) is 29.6. The van der Waals surface area contributed by atoms with Crippen LogP contribution in [0.4, 0.5) is 0 Å². The molecule has 1 rings (SSSR count). The summed E-state index contributed by atoms with van der Waals surface area (Å²) >= 11 is 0. The Morgan fingerprint density at radius 2 is 1.73 bits per heavy atom. The summed E-state index contributed by atoms with van der Waals surface area (Å²) in [5.74, 6) is 4.22. The van der Waals surface area contributed by atoms with E-state index < -0.39 is 0 Å². The van der Waals surface area contributed by atoms with Crippen LogP contribution in [0.1, 0.15) is 46.5 Å². The topological polar surface area (TPSA) is 0 Å². The molecule has 0 aliphatic heterocycles. The average molecular weight is 152 g/mol. The fraction of sp³-hybridized carbons (Fsp3) is 0.818. The lowest BCUT2D eigenvalue weighted by atomic mass is 9.81. The quantitative estimate of drug-likeness (QED) is 0.466. The zero-order valence-corrected chi connectivity index (χ0v) is 8.06. The van der Waals surface area contributed by atoms with Gasteiger partial charge in [0.1, 0.15) is 0 Å². The van der Waals surface area contributed by atoms with E-state index in [9.17, 15) is 0 Å². The zero-order valence-electron chi connectivity index (χ0n) is 8.06. The Morgan fingerprint density at radius 1 is 1.18 bits per heavy atom. The number of hydrogen-bond acceptors (Lipinski definition) is 0. The maximum absolute atomic E-state index is 5.34. The van der Waals surface area contributed by atoms with Gasteiger partial charge < -0.3 is 0 Å². The van der Waals surface area contributed by atoms with Crippen molar-refractivity contribution < 1.29 is 0 Å². The minimum atomic E-state index is 0.582. The first-order valence-corrected chi connectivity index (χ1v) is 4.80. The van der Waals surface area contributed by atoms with Crippen LogP contribution < -0.4 is 0 Å². The Kier molecular flexibility index (Phi) is 6.03. The van der Waals surface area contributed by atoms with Gasteiger partial charge in [0, 0.05) is 5.92 Å². The van der Waals surface area contributed by atoms with E-state index in [2.05, 4.69) is 12.8 Å². The van der Waals surface area contributed by atoms with Crippen molar-refractivity contribution in [1.82, 2.24) is 0 Å². The molecule has 2 unspecified atom stereocenters. The fourth-order valence-corrected chi connectivity index (χ4v) is 1.56. The summed E-state index contributed by atoms with van der Waals surface area (Å²) in [5.41, 5.74) is 0. The maximum Gasteiger partial charge on any atom is 0.0225 e. The minimum Gasteiger partial charge on any atom is -0.120 e. The van der Waals surface area contributed by atoms with Gasteiger partial charge in [-0.05, 0) is 18.8 Å². The van der Waals surface area contributed by atoms with Crippen LogP contribution >= 0.6 is 0 Å². The number of hydrogen-bond donors (Lipinski definition) is 0. The van der Waals surface area contributed by atoms with Crippen LogP contribution in [0, 0.1) is 24.2 Å². The molecule has 0 aromatic carbocycles. The summed E-state index contributed by atoms with van der Waals surface area (Å²) in [5, 5.41) is 0. The van der Waals surface area contributed by atoms with Gasteiger partial charge >= 0.3 is 0 Å². The summed E-state index contributed by atoms with van der Waals surface area (Å²) in [6.45, 7) is 6.27.